The molecule has 0 saturated carbocycles. The molecule has 0 aliphatic heterocycles. The second-order valence-corrected chi connectivity index (χ2v) is 21.3. The molecular weight excluding hydrogens is 937 g/mol. The molecular formula is C70H120O6. The summed E-state index contributed by atoms with van der Waals surface area (Å²) in [5, 5.41) is 0. The minimum atomic E-state index is -0.806. The molecule has 0 radical (unpaired) electrons. The van der Waals surface area contributed by atoms with Crippen molar-refractivity contribution >= 4 is 17.9 Å². The highest BCUT2D eigenvalue weighted by atomic mass is 16.6. The molecule has 436 valence electrons. The molecule has 0 heterocycles. The summed E-state index contributed by atoms with van der Waals surface area (Å²) >= 11 is 0. The molecule has 0 aliphatic rings. The Kier molecular flexibility index (Phi) is 60.8. The van der Waals surface area contributed by atoms with E-state index in [-0.39, 0.29) is 37.5 Å². The molecule has 0 fully saturated rings. The van der Waals surface area contributed by atoms with Gasteiger partial charge in [-0.2, -0.15) is 0 Å². The lowest BCUT2D eigenvalue weighted by molar-refractivity contribution is -0.166. The number of carbonyl (C=O) groups excluding carboxylic acids is 3. The maximum atomic E-state index is 12.9. The Bertz CT molecular complexity index is 1490. The second-order valence-electron chi connectivity index (χ2n) is 21.3. The third-order valence-corrected chi connectivity index (χ3v) is 13.8. The highest BCUT2D eigenvalue weighted by molar-refractivity contribution is 5.71. The summed E-state index contributed by atoms with van der Waals surface area (Å²) < 4.78 is 16.9. The first-order chi connectivity index (χ1) is 37.5. The van der Waals surface area contributed by atoms with E-state index in [0.717, 1.165) is 89.9 Å². The van der Waals surface area contributed by atoms with Crippen molar-refractivity contribution in [2.75, 3.05) is 13.2 Å². The van der Waals surface area contributed by atoms with Gasteiger partial charge in [0.15, 0.2) is 6.10 Å². The van der Waals surface area contributed by atoms with Crippen LogP contribution in [0.1, 0.15) is 310 Å². The van der Waals surface area contributed by atoms with Gasteiger partial charge in [0.05, 0.1) is 0 Å². The van der Waals surface area contributed by atoms with Gasteiger partial charge in [-0.15, -0.1) is 0 Å². The largest absolute Gasteiger partial charge is 0.462 e. The minimum absolute atomic E-state index is 0.0980. The van der Waals surface area contributed by atoms with Crippen molar-refractivity contribution in [2.45, 2.75) is 316 Å². The highest BCUT2D eigenvalue weighted by Gasteiger charge is 2.19. The quantitative estimate of drug-likeness (QED) is 0.0261. The zero-order valence-corrected chi connectivity index (χ0v) is 50.0. The van der Waals surface area contributed by atoms with Gasteiger partial charge in [0.25, 0.3) is 0 Å². The van der Waals surface area contributed by atoms with Crippen molar-refractivity contribution in [3.05, 3.63) is 97.2 Å². The van der Waals surface area contributed by atoms with E-state index < -0.39 is 6.10 Å². The molecule has 0 saturated heterocycles. The van der Waals surface area contributed by atoms with Crippen molar-refractivity contribution in [3.63, 3.8) is 0 Å². The van der Waals surface area contributed by atoms with Gasteiger partial charge in [-0.25, -0.2) is 0 Å². The standard InChI is InChI=1S/C70H120O6/c1-4-7-10-13-16-19-22-25-27-29-31-33-34-35-36-37-39-40-42-45-48-51-54-57-60-63-69(72)75-66-67(65-74-68(71)62-59-56-53-50-47-44-24-21-18-15-12-9-6-3)76-70(73)64-61-58-55-52-49-46-43-41-38-32-30-28-26-23-20-17-14-11-8-5-2/h7,9-10,12,16,18-19,21,25,27,31,33,44,47,53,56,67H,4-6,8,11,13-15,17,20,22-24,26,28-30,32,34-43,45-46,48-52,54-55,57-66H2,1-3H3/b10-7-,12-9-,19-16-,21-18-,27-25-,33-31-,47-44-,56-53-. The predicted octanol–water partition coefficient (Wildman–Crippen LogP) is 22.0. The molecule has 0 spiro atoms. The van der Waals surface area contributed by atoms with Gasteiger partial charge in [0.1, 0.15) is 13.2 Å². The van der Waals surface area contributed by atoms with Crippen molar-refractivity contribution in [1.82, 2.24) is 0 Å². The molecule has 0 N–H and O–H groups in total. The van der Waals surface area contributed by atoms with E-state index in [4.69, 9.17) is 14.2 Å². The highest BCUT2D eigenvalue weighted by Crippen LogP contribution is 2.17. The van der Waals surface area contributed by atoms with Crippen molar-refractivity contribution in [2.24, 2.45) is 0 Å². The Morgan fingerprint density at radius 1 is 0.276 bits per heavy atom. The Labute approximate surface area is 470 Å². The van der Waals surface area contributed by atoms with Gasteiger partial charge in [-0.05, 0) is 83.5 Å². The molecule has 0 aromatic heterocycles. The van der Waals surface area contributed by atoms with Gasteiger partial charge in [0.2, 0.25) is 0 Å². The average Bonchev–Trinajstić information content (AvgIpc) is 3.42. The fourth-order valence-electron chi connectivity index (χ4n) is 9.10. The normalized spacial score (nSPS) is 12.7. The van der Waals surface area contributed by atoms with Crippen LogP contribution in [0.25, 0.3) is 0 Å². The summed E-state index contributed by atoms with van der Waals surface area (Å²) in [6.07, 6.45) is 85.8. The topological polar surface area (TPSA) is 78.9 Å². The first kappa shape index (κ1) is 72.3. The number of hydrogen-bond donors (Lipinski definition) is 0. The number of allylic oxidation sites excluding steroid dienone is 16. The number of rotatable bonds is 58. The van der Waals surface area contributed by atoms with Crippen molar-refractivity contribution in [3.8, 4) is 0 Å². The van der Waals surface area contributed by atoms with Crippen LogP contribution in [-0.4, -0.2) is 37.2 Å². The van der Waals surface area contributed by atoms with E-state index >= 15 is 0 Å². The van der Waals surface area contributed by atoms with Gasteiger partial charge in [-0.3, -0.25) is 14.4 Å². The number of esters is 3. The van der Waals surface area contributed by atoms with Crippen molar-refractivity contribution in [1.29, 1.82) is 0 Å². The van der Waals surface area contributed by atoms with Crippen molar-refractivity contribution < 1.29 is 28.6 Å². The molecule has 1 atom stereocenters. The average molecular weight is 1060 g/mol. The molecule has 0 aromatic carbocycles. The minimum Gasteiger partial charge on any atom is -0.462 e. The van der Waals surface area contributed by atoms with Crippen LogP contribution in [0.2, 0.25) is 0 Å². The lowest BCUT2D eigenvalue weighted by Gasteiger charge is -2.18. The Morgan fingerprint density at radius 2 is 0.539 bits per heavy atom. The molecule has 76 heavy (non-hydrogen) atoms. The molecule has 0 amide bonds. The fourth-order valence-corrected chi connectivity index (χ4v) is 9.10. The van der Waals surface area contributed by atoms with E-state index in [0.29, 0.717) is 19.3 Å². The van der Waals surface area contributed by atoms with Crippen LogP contribution in [0.5, 0.6) is 0 Å². The van der Waals surface area contributed by atoms with E-state index in [1.807, 2.05) is 6.08 Å². The molecule has 6 nitrogen and oxygen atoms in total. The maximum Gasteiger partial charge on any atom is 0.306 e. The molecule has 0 aliphatic carbocycles. The Morgan fingerprint density at radius 3 is 0.882 bits per heavy atom. The summed E-state index contributed by atoms with van der Waals surface area (Å²) in [6, 6.07) is 0. The Balaban J connectivity index is 4.33. The first-order valence-corrected chi connectivity index (χ1v) is 32.2. The summed E-state index contributed by atoms with van der Waals surface area (Å²) in [4.78, 5) is 38.3. The van der Waals surface area contributed by atoms with Gasteiger partial charge in [0, 0.05) is 19.3 Å². The van der Waals surface area contributed by atoms with Crippen LogP contribution < -0.4 is 0 Å². The van der Waals surface area contributed by atoms with Crippen LogP contribution in [0.4, 0.5) is 0 Å². The lowest BCUT2D eigenvalue weighted by Crippen LogP contribution is -2.30. The summed E-state index contributed by atoms with van der Waals surface area (Å²) in [5.41, 5.74) is 0. The molecule has 1 unspecified atom stereocenters. The van der Waals surface area contributed by atoms with Crippen LogP contribution in [-0.2, 0) is 28.6 Å². The van der Waals surface area contributed by atoms with E-state index in [9.17, 15) is 14.4 Å². The monoisotopic (exact) mass is 1060 g/mol. The third kappa shape index (κ3) is 61.2. The van der Waals surface area contributed by atoms with Crippen LogP contribution in [0.15, 0.2) is 97.2 Å². The SMILES string of the molecule is CC/C=C\C/C=C\C/C=C\C/C=C\CCCCCCCCCCCCCCC(=O)OCC(COC(=O)CC/C=C\C/C=C\C/C=C\C/C=C\CC)OC(=O)CCCCCCCCCCCCCCCCCCCCCC. The number of ether oxygens (including phenoxy) is 3. The zero-order chi connectivity index (χ0) is 55.0. The number of carbonyl (C=O) groups is 3. The molecule has 0 rings (SSSR count). The smallest absolute Gasteiger partial charge is 0.306 e. The van der Waals surface area contributed by atoms with Crippen LogP contribution in [0.3, 0.4) is 0 Å². The van der Waals surface area contributed by atoms with Gasteiger partial charge < -0.3 is 14.2 Å². The third-order valence-electron chi connectivity index (χ3n) is 13.8. The lowest BCUT2D eigenvalue weighted by atomic mass is 10.0. The number of hydrogen-bond acceptors (Lipinski definition) is 6. The Hall–Kier alpha value is -3.67. The maximum absolute atomic E-state index is 12.9. The van der Waals surface area contributed by atoms with Crippen LogP contribution >= 0.6 is 0 Å². The first-order valence-electron chi connectivity index (χ1n) is 32.2. The van der Waals surface area contributed by atoms with Crippen LogP contribution in [0, 0.1) is 0 Å². The second kappa shape index (κ2) is 63.9. The summed E-state index contributed by atoms with van der Waals surface area (Å²) in [5.74, 6) is -0.972. The molecule has 0 aromatic rings. The number of unbranched alkanes of at least 4 members (excludes halogenated alkanes) is 31. The molecule has 0 bridgehead atoms. The van der Waals surface area contributed by atoms with E-state index in [2.05, 4.69) is 112 Å². The molecule has 6 heteroatoms. The van der Waals surface area contributed by atoms with E-state index in [1.54, 1.807) is 0 Å². The summed E-state index contributed by atoms with van der Waals surface area (Å²) in [7, 11) is 0. The van der Waals surface area contributed by atoms with E-state index in [1.165, 1.54) is 173 Å². The predicted molar refractivity (Wildman–Crippen MR) is 330 cm³/mol. The van der Waals surface area contributed by atoms with Gasteiger partial charge in [-0.1, -0.05) is 304 Å². The zero-order valence-electron chi connectivity index (χ0n) is 50.0. The van der Waals surface area contributed by atoms with Gasteiger partial charge >= 0.3 is 17.9 Å². The summed E-state index contributed by atoms with van der Waals surface area (Å²) in [6.45, 7) is 6.38. The fraction of sp³-hybridized carbons (Fsp3) is 0.729.